The van der Waals surface area contributed by atoms with Crippen LogP contribution in [0.15, 0.2) is 24.3 Å². The maximum absolute atomic E-state index is 13.2. The van der Waals surface area contributed by atoms with Crippen LogP contribution in [0.25, 0.3) is 0 Å². The van der Waals surface area contributed by atoms with Gasteiger partial charge in [0.05, 0.1) is 13.2 Å². The number of nitrogens with one attached hydrogen (secondary N) is 1. The molecule has 1 aromatic carbocycles. The average molecular weight is 514 g/mol. The minimum absolute atomic E-state index is 0.202. The third kappa shape index (κ3) is 8.42. The Bertz CT molecular complexity index is 966. The van der Waals surface area contributed by atoms with Gasteiger partial charge in [0, 0.05) is 77.2 Å². The summed E-state index contributed by atoms with van der Waals surface area (Å²) in [5.74, 6) is -0.223. The van der Waals surface area contributed by atoms with Crippen LogP contribution in [-0.4, -0.2) is 122 Å². The number of amides is 5. The first kappa shape index (κ1) is 28.4. The number of hydrogen-bond donors (Lipinski definition) is 1. The number of ether oxygens (including phenoxy) is 1. The van der Waals surface area contributed by atoms with Gasteiger partial charge in [0.2, 0.25) is 0 Å². The summed E-state index contributed by atoms with van der Waals surface area (Å²) in [6.07, 6.45) is 2.37. The van der Waals surface area contributed by atoms with Crippen molar-refractivity contribution >= 4 is 23.7 Å². The fourth-order valence-corrected chi connectivity index (χ4v) is 4.27. The lowest BCUT2D eigenvalue weighted by atomic mass is 10.1. The van der Waals surface area contributed by atoms with Crippen LogP contribution in [0.4, 0.5) is 15.3 Å². The molecule has 2 fully saturated rings. The molecule has 2 aliphatic rings. The minimum Gasteiger partial charge on any atom is -0.379 e. The molecule has 5 amide bonds. The Morgan fingerprint density at radius 3 is 2.32 bits per heavy atom. The molecule has 1 aromatic rings. The first-order valence-electron chi connectivity index (χ1n) is 13.0. The number of carbonyl (C=O) groups excluding carboxylic acids is 3. The zero-order valence-electron chi connectivity index (χ0n) is 22.2. The summed E-state index contributed by atoms with van der Waals surface area (Å²) in [7, 11) is 1.33. The topological polar surface area (TPSA) is 112 Å². The van der Waals surface area contributed by atoms with Crippen LogP contribution >= 0.6 is 0 Å². The molecule has 202 valence electrons. The van der Waals surface area contributed by atoms with Crippen LogP contribution in [0.5, 0.6) is 0 Å². The number of urea groups is 2. The average Bonchev–Trinajstić information content (AvgIpc) is 2.92. The molecular formula is C26H39N7O4. The number of imide groups is 1. The molecule has 0 aromatic heterocycles. The predicted molar refractivity (Wildman–Crippen MR) is 140 cm³/mol. The van der Waals surface area contributed by atoms with Crippen LogP contribution in [-0.2, 0) is 4.74 Å². The molecule has 0 bridgehead atoms. The molecule has 1 N–H and O–H groups in total. The lowest BCUT2D eigenvalue weighted by Crippen LogP contribution is -2.51. The van der Waals surface area contributed by atoms with Gasteiger partial charge >= 0.3 is 12.1 Å². The lowest BCUT2D eigenvalue weighted by molar-refractivity contribution is 0.0311. The number of nitrogens with zero attached hydrogens (tertiary/aromatic N) is 6. The predicted octanol–water partition coefficient (Wildman–Crippen LogP) is 2.19. The Balaban J connectivity index is 1.54. The van der Waals surface area contributed by atoms with Gasteiger partial charge in [0.25, 0.3) is 5.91 Å². The van der Waals surface area contributed by atoms with Crippen molar-refractivity contribution in [1.82, 2.24) is 24.5 Å². The van der Waals surface area contributed by atoms with Crippen molar-refractivity contribution in [3.05, 3.63) is 29.8 Å². The summed E-state index contributed by atoms with van der Waals surface area (Å²) in [5.41, 5.74) is 0.754. The zero-order chi connectivity index (χ0) is 26.8. The maximum atomic E-state index is 13.2. The van der Waals surface area contributed by atoms with Gasteiger partial charge < -0.3 is 15.0 Å². The summed E-state index contributed by atoms with van der Waals surface area (Å²) in [5, 5.41) is 12.0. The fraction of sp³-hybridized carbons (Fsp3) is 0.615. The van der Waals surface area contributed by atoms with Crippen LogP contribution in [0.1, 0.15) is 30.6 Å². The number of nitriles is 1. The number of piperazine rings is 1. The van der Waals surface area contributed by atoms with Gasteiger partial charge in [-0.2, -0.15) is 5.26 Å². The quantitative estimate of drug-likeness (QED) is 0.419. The van der Waals surface area contributed by atoms with Gasteiger partial charge in [0.1, 0.15) is 0 Å². The van der Waals surface area contributed by atoms with E-state index in [0.29, 0.717) is 25.2 Å². The Morgan fingerprint density at radius 2 is 1.70 bits per heavy atom. The molecule has 0 radical (unpaired) electrons. The van der Waals surface area contributed by atoms with E-state index in [-0.39, 0.29) is 24.1 Å². The van der Waals surface area contributed by atoms with Crippen molar-refractivity contribution in [2.45, 2.75) is 20.3 Å². The van der Waals surface area contributed by atoms with Crippen molar-refractivity contribution in [3.8, 4) is 6.19 Å². The van der Waals surface area contributed by atoms with E-state index >= 15 is 0 Å². The highest BCUT2D eigenvalue weighted by molar-refractivity contribution is 6.05. The normalized spacial score (nSPS) is 16.8. The van der Waals surface area contributed by atoms with Crippen LogP contribution in [0.2, 0.25) is 0 Å². The summed E-state index contributed by atoms with van der Waals surface area (Å²) in [4.78, 5) is 47.2. The molecule has 11 nitrogen and oxygen atoms in total. The molecule has 2 heterocycles. The number of rotatable bonds is 8. The van der Waals surface area contributed by atoms with Crippen molar-refractivity contribution < 1.29 is 19.1 Å². The summed E-state index contributed by atoms with van der Waals surface area (Å²) in [6.45, 7) is 12.6. The number of benzene rings is 1. The van der Waals surface area contributed by atoms with Gasteiger partial charge in [-0.15, -0.1) is 0 Å². The largest absolute Gasteiger partial charge is 0.379 e. The van der Waals surface area contributed by atoms with E-state index in [0.717, 1.165) is 62.3 Å². The minimum atomic E-state index is -0.672. The number of anilines is 1. The van der Waals surface area contributed by atoms with Gasteiger partial charge in [-0.05, 0) is 30.5 Å². The highest BCUT2D eigenvalue weighted by Crippen LogP contribution is 2.16. The number of carbonyl (C=O) groups is 3. The second kappa shape index (κ2) is 13.9. The monoisotopic (exact) mass is 513 g/mol. The second-order valence-corrected chi connectivity index (χ2v) is 9.87. The smallest absolute Gasteiger partial charge is 0.339 e. The van der Waals surface area contributed by atoms with Crippen LogP contribution < -0.4 is 5.32 Å². The fourth-order valence-electron chi connectivity index (χ4n) is 4.27. The molecule has 0 atom stereocenters. The summed E-state index contributed by atoms with van der Waals surface area (Å²) < 4.78 is 5.40. The van der Waals surface area contributed by atoms with E-state index in [1.54, 1.807) is 35.4 Å². The third-order valence-corrected chi connectivity index (χ3v) is 6.70. The molecular weight excluding hydrogens is 474 g/mol. The van der Waals surface area contributed by atoms with E-state index in [9.17, 15) is 14.4 Å². The SMILES string of the molecule is CC(C)CCN(C(=O)c1cccc(NC(=O)N2CCN(CCN3CCOCC3)CC2)c1)C(=O)N(C)C#N. The third-order valence-electron chi connectivity index (χ3n) is 6.70. The Hall–Kier alpha value is -3.20. The van der Waals surface area contributed by atoms with E-state index in [4.69, 9.17) is 10.00 Å². The van der Waals surface area contributed by atoms with Crippen molar-refractivity contribution in [2.75, 3.05) is 84.5 Å². The highest BCUT2D eigenvalue weighted by atomic mass is 16.5. The van der Waals surface area contributed by atoms with E-state index in [1.807, 2.05) is 13.8 Å². The molecule has 0 aliphatic carbocycles. The summed E-state index contributed by atoms with van der Waals surface area (Å²) >= 11 is 0. The molecule has 0 unspecified atom stereocenters. The van der Waals surface area contributed by atoms with E-state index < -0.39 is 11.9 Å². The molecule has 3 rings (SSSR count). The van der Waals surface area contributed by atoms with Gasteiger partial charge in [-0.25, -0.2) is 14.5 Å². The Labute approximate surface area is 219 Å². The molecule has 2 saturated heterocycles. The first-order chi connectivity index (χ1) is 17.8. The lowest BCUT2D eigenvalue weighted by Gasteiger charge is -2.36. The van der Waals surface area contributed by atoms with E-state index in [2.05, 4.69) is 15.1 Å². The van der Waals surface area contributed by atoms with Crippen molar-refractivity contribution in [1.29, 1.82) is 5.26 Å². The zero-order valence-corrected chi connectivity index (χ0v) is 22.2. The maximum Gasteiger partial charge on any atom is 0.339 e. The molecule has 0 spiro atoms. The standard InChI is InChI=1S/C26H39N7O4/c1-21(2)7-8-33(26(36)29(3)20-27)24(34)22-5-4-6-23(19-22)28-25(35)32-13-11-30(12-14-32)9-10-31-15-17-37-18-16-31/h4-6,19,21H,7-18H2,1-3H3,(H,28,35). The Morgan fingerprint density at radius 1 is 1.05 bits per heavy atom. The second-order valence-electron chi connectivity index (χ2n) is 9.87. The number of morpholine rings is 1. The van der Waals surface area contributed by atoms with Crippen LogP contribution in [0.3, 0.4) is 0 Å². The van der Waals surface area contributed by atoms with Gasteiger partial charge in [0.15, 0.2) is 6.19 Å². The molecule has 2 aliphatic heterocycles. The molecule has 11 heteroatoms. The van der Waals surface area contributed by atoms with E-state index in [1.165, 1.54) is 7.05 Å². The molecule has 37 heavy (non-hydrogen) atoms. The number of hydrogen-bond acceptors (Lipinski definition) is 7. The summed E-state index contributed by atoms with van der Waals surface area (Å²) in [6, 6.07) is 5.68. The van der Waals surface area contributed by atoms with Gasteiger partial charge in [-0.1, -0.05) is 19.9 Å². The van der Waals surface area contributed by atoms with Gasteiger partial charge in [-0.3, -0.25) is 19.5 Å². The van der Waals surface area contributed by atoms with Crippen LogP contribution in [0, 0.1) is 17.4 Å². The van der Waals surface area contributed by atoms with Crippen molar-refractivity contribution in [3.63, 3.8) is 0 Å². The highest BCUT2D eigenvalue weighted by Gasteiger charge is 2.27. The first-order valence-corrected chi connectivity index (χ1v) is 13.0. The van der Waals surface area contributed by atoms with Crippen molar-refractivity contribution in [2.24, 2.45) is 5.92 Å². The molecule has 0 saturated carbocycles. The Kier molecular flexibility index (Phi) is 10.7.